The van der Waals surface area contributed by atoms with Crippen LogP contribution in [0, 0.1) is 63.1 Å². The van der Waals surface area contributed by atoms with E-state index in [1.165, 1.54) is 46.3 Å². The van der Waals surface area contributed by atoms with Crippen molar-refractivity contribution in [2.45, 2.75) is 144 Å². The van der Waals surface area contributed by atoms with E-state index in [2.05, 4.69) is 64.6 Å². The summed E-state index contributed by atoms with van der Waals surface area (Å²) < 4.78 is 83.8. The molecule has 0 bridgehead atoms. The summed E-state index contributed by atoms with van der Waals surface area (Å²) in [5, 5.41) is 48.6. The average Bonchev–Trinajstić information content (AvgIpc) is 1.62. The Labute approximate surface area is 595 Å². The summed E-state index contributed by atoms with van der Waals surface area (Å²) in [4.78, 5) is 78.0. The molecule has 3 fully saturated rings. The number of nitrogens with two attached hydrogens (primary N) is 2. The van der Waals surface area contributed by atoms with Gasteiger partial charge in [-0.2, -0.15) is 25.8 Å². The minimum absolute atomic E-state index is 0.0495. The van der Waals surface area contributed by atoms with Crippen molar-refractivity contribution in [3.8, 4) is 24.3 Å². The molecule has 101 heavy (non-hydrogen) atoms. The van der Waals surface area contributed by atoms with Crippen LogP contribution in [0.3, 0.4) is 0 Å². The highest BCUT2D eigenvalue weighted by molar-refractivity contribution is 9.10. The number of aromatic nitrogens is 4. The van der Waals surface area contributed by atoms with E-state index in [0.717, 1.165) is 38.5 Å². The number of amides is 5. The van der Waals surface area contributed by atoms with Crippen LogP contribution in [0.25, 0.3) is 10.9 Å². The second-order valence-corrected chi connectivity index (χ2v) is 31.9. The van der Waals surface area contributed by atoms with E-state index in [1.54, 1.807) is 102 Å². The predicted octanol–water partition coefficient (Wildman–Crippen LogP) is 6.70. The monoisotopic (exact) mass is 1490 g/mol. The first-order valence-electron chi connectivity index (χ1n) is 33.3. The number of primary sulfonamides is 2. The molecule has 0 saturated carbocycles. The highest BCUT2D eigenvalue weighted by Gasteiger charge is 2.43. The molecule has 5 aliphatic rings. The number of sulfonamides is 3. The van der Waals surface area contributed by atoms with E-state index in [0.29, 0.717) is 138 Å². The van der Waals surface area contributed by atoms with Crippen molar-refractivity contribution in [2.75, 3.05) is 49.1 Å². The molecule has 3 aromatic carbocycles. The van der Waals surface area contributed by atoms with Gasteiger partial charge in [-0.15, -0.1) is 0 Å². The van der Waals surface area contributed by atoms with Gasteiger partial charge in [0.2, 0.25) is 59.6 Å². The molecular formula is C70H79BrN16O11S3. The summed E-state index contributed by atoms with van der Waals surface area (Å²) in [6, 6.07) is 28.2. The van der Waals surface area contributed by atoms with Crippen molar-refractivity contribution in [1.82, 2.24) is 38.1 Å². The van der Waals surface area contributed by atoms with Crippen LogP contribution in [0.4, 0.5) is 11.4 Å². The number of aryl methyl sites for hydroxylation is 3. The normalized spacial score (nSPS) is 17.0. The number of anilines is 2. The Bertz CT molecular complexity index is 4840. The van der Waals surface area contributed by atoms with Gasteiger partial charge in [-0.1, -0.05) is 39.0 Å². The van der Waals surface area contributed by atoms with Gasteiger partial charge in [0.25, 0.3) is 0 Å². The molecule has 27 nitrogen and oxygen atoms in total. The van der Waals surface area contributed by atoms with Gasteiger partial charge >= 0.3 is 0 Å². The lowest BCUT2D eigenvalue weighted by Crippen LogP contribution is -2.52. The molecule has 0 spiro atoms. The maximum absolute atomic E-state index is 13.7. The number of nitrogens with zero attached hydrogens (tertiary/aromatic N) is 12. The first kappa shape index (κ1) is 74.3. The van der Waals surface area contributed by atoms with E-state index in [1.807, 2.05) is 6.07 Å². The summed E-state index contributed by atoms with van der Waals surface area (Å²) in [6.45, 7) is 11.1. The number of carbonyl (C=O) groups excluding carboxylic acids is 5. The first-order valence-corrected chi connectivity index (χ1v) is 38.7. The fourth-order valence-electron chi connectivity index (χ4n) is 13.8. The lowest BCUT2D eigenvalue weighted by molar-refractivity contribution is -0.136. The number of nitriles is 4. The van der Waals surface area contributed by atoms with Crippen LogP contribution in [-0.2, 0) is 86.5 Å². The lowest BCUT2D eigenvalue weighted by atomic mass is 9.98. The fourth-order valence-corrected chi connectivity index (χ4v) is 17.3. The van der Waals surface area contributed by atoms with Gasteiger partial charge in [-0.25, -0.2) is 35.5 Å². The van der Waals surface area contributed by atoms with Gasteiger partial charge in [-0.3, -0.25) is 33.8 Å². The highest BCUT2D eigenvalue weighted by atomic mass is 79.9. The van der Waals surface area contributed by atoms with Gasteiger partial charge < -0.3 is 33.4 Å². The zero-order valence-electron chi connectivity index (χ0n) is 56.1. The molecule has 12 rings (SSSR count). The van der Waals surface area contributed by atoms with Gasteiger partial charge in [0.05, 0.1) is 37.6 Å². The molecule has 9 heterocycles. The van der Waals surface area contributed by atoms with Crippen LogP contribution in [0.2, 0.25) is 0 Å². The van der Waals surface area contributed by atoms with Crippen molar-refractivity contribution < 1.29 is 49.2 Å². The molecule has 7 aromatic rings. The van der Waals surface area contributed by atoms with Crippen LogP contribution < -0.4 is 24.8 Å². The molecule has 4 aromatic heterocycles. The fraction of sp³-hybridized carbons (Fsp3) is 0.414. The number of likely N-dealkylation sites (tertiary alicyclic amines) is 3. The van der Waals surface area contributed by atoms with Crippen molar-refractivity contribution in [2.24, 2.45) is 28.0 Å². The number of hydrogen-bond donors (Lipinski definition) is 4. The molecule has 3 atom stereocenters. The number of carbonyl (C=O) groups is 5. The minimum Gasteiger partial charge on any atom is -0.360 e. The lowest BCUT2D eigenvalue weighted by Gasteiger charge is -2.36. The topological polar surface area (TPSA) is 394 Å². The van der Waals surface area contributed by atoms with E-state index in [4.69, 9.17) is 10.3 Å². The quantitative estimate of drug-likeness (QED) is 0.0654. The Morgan fingerprint density at radius 3 is 1.41 bits per heavy atom. The zero-order chi connectivity index (χ0) is 72.7. The molecule has 6 N–H and O–H groups in total. The van der Waals surface area contributed by atoms with Crippen LogP contribution in [-0.4, -0.2) is 146 Å². The molecule has 5 aliphatic heterocycles. The molecule has 0 radical (unpaired) electrons. The second-order valence-electron chi connectivity index (χ2n) is 26.3. The summed E-state index contributed by atoms with van der Waals surface area (Å²) in [5.41, 5.74) is 3.54. The Morgan fingerprint density at radius 1 is 0.545 bits per heavy atom. The van der Waals surface area contributed by atoms with E-state index >= 15 is 0 Å². The molecule has 5 amide bonds. The third-order valence-corrected chi connectivity index (χ3v) is 23.7. The largest absolute Gasteiger partial charge is 0.360 e. The maximum atomic E-state index is 13.7. The van der Waals surface area contributed by atoms with Gasteiger partial charge in [0, 0.05) is 117 Å². The van der Waals surface area contributed by atoms with E-state index in [-0.39, 0.29) is 75.5 Å². The Kier molecular flexibility index (Phi) is 23.2. The average molecular weight is 1500 g/mol. The number of benzene rings is 3. The summed E-state index contributed by atoms with van der Waals surface area (Å²) in [6.07, 6.45) is 12.5. The first-order chi connectivity index (χ1) is 48.1. The van der Waals surface area contributed by atoms with Crippen molar-refractivity contribution in [1.29, 1.82) is 21.0 Å². The second kappa shape index (κ2) is 31.6. The summed E-state index contributed by atoms with van der Waals surface area (Å²) in [5.74, 6) is 0.313. The number of H-pyrrole nitrogens is 1. The summed E-state index contributed by atoms with van der Waals surface area (Å²) >= 11 is 3.35. The molecular weight excluding hydrogens is 1420 g/mol. The number of hydrogen-bond acceptors (Lipinski definition) is 15. The maximum Gasteiger partial charge on any atom is 0.245 e. The number of rotatable bonds is 19. The zero-order valence-corrected chi connectivity index (χ0v) is 60.1. The number of aromatic amines is 1. The number of fused-ring (bicyclic) bond motifs is 3. The van der Waals surface area contributed by atoms with Crippen LogP contribution in [0.1, 0.15) is 112 Å². The number of halogens is 1. The SMILES string of the molecule is CC1CCN(C(=O)C(CCn2ccc(Br)c2C#N)N2C(=O)Cc3c2cccc3S(N)(=O)=O)CC1.CC1CCN(C(=O)C(CCn2cccc2C#N)N2C(=O)Cc3c2cccc3S(N)(=O)=O)CC1.CC1CCN(C(=O)C(CCn2cccc2C#N)NS(=O)(=O)c2cccc3[nH]cc(C#N)c23)CC1. The Balaban J connectivity index is 0.000000163. The van der Waals surface area contributed by atoms with Gasteiger partial charge in [-0.05, 0) is 158 Å². The minimum atomic E-state index is -4.13. The summed E-state index contributed by atoms with van der Waals surface area (Å²) in [7, 11) is -12.2. The molecule has 3 unspecified atom stereocenters. The predicted molar refractivity (Wildman–Crippen MR) is 377 cm³/mol. The Morgan fingerprint density at radius 2 is 0.970 bits per heavy atom. The number of nitrogens with one attached hydrogen (secondary N) is 2. The van der Waals surface area contributed by atoms with E-state index in [9.17, 15) is 70.3 Å². The van der Waals surface area contributed by atoms with Gasteiger partial charge in [0.15, 0.2) is 0 Å². The Hall–Kier alpha value is -9.44. The van der Waals surface area contributed by atoms with Crippen molar-refractivity contribution in [3.63, 3.8) is 0 Å². The van der Waals surface area contributed by atoms with Gasteiger partial charge in [0.1, 0.15) is 59.5 Å². The smallest absolute Gasteiger partial charge is 0.245 e. The van der Waals surface area contributed by atoms with Crippen molar-refractivity contribution >= 4 is 97.8 Å². The highest BCUT2D eigenvalue weighted by Crippen LogP contribution is 2.39. The molecule has 0 aliphatic carbocycles. The van der Waals surface area contributed by atoms with E-state index < -0.39 is 48.2 Å². The molecule has 530 valence electrons. The molecule has 31 heteroatoms. The van der Waals surface area contributed by atoms with Crippen LogP contribution in [0.5, 0.6) is 0 Å². The van der Waals surface area contributed by atoms with Crippen LogP contribution in [0.15, 0.2) is 129 Å². The number of piperidine rings is 3. The van der Waals surface area contributed by atoms with Crippen molar-refractivity contribution in [3.05, 3.63) is 148 Å². The third-order valence-electron chi connectivity index (χ3n) is 19.5. The third kappa shape index (κ3) is 16.6. The molecule has 3 saturated heterocycles. The standard InChI is InChI=1S/C24H26N6O3S.C23H26BrN5O4S.C23H27N5O4S/c1-17-7-11-30(12-8-17)24(31)21(9-13-29-10-3-4-19(29)15-26)28-34(32,33)22-6-2-5-20-23(22)18(14-25)16-27-20;1-15-5-9-28(10-6-15)23(31)19(8-12-27-11-7-17(24)20(27)14-25)29-18-3-2-4-21(34(26,32)33)16(18)13-22(29)30;1-16-7-11-27(12-8-16)23(30)20(9-13-26-10-3-4-17(26)15-24)28-19-5-2-6-21(33(25,31)32)18(19)14-22(28)29/h2-6,10,16-17,21,27-28H,7-9,11-13H2,1H3;2-4,7,11,15,19H,5-6,8-10,12-13H2,1H3,(H2,26,32,33);2-6,10,16,20H,7-9,11-14H2,1H3,(H2,25,31,32). The van der Waals surface area contributed by atoms with Crippen LogP contribution >= 0.6 is 15.9 Å².